The summed E-state index contributed by atoms with van der Waals surface area (Å²) >= 11 is 0. The summed E-state index contributed by atoms with van der Waals surface area (Å²) in [6, 6.07) is 5.53. The largest absolute Gasteiger partial charge is 0.711 e. The molecular weight excluding hydrogens is 152 g/mol. The van der Waals surface area contributed by atoms with E-state index < -0.39 is 0 Å². The fraction of sp³-hybridized carbons (Fsp3) is 0.444. The van der Waals surface area contributed by atoms with Gasteiger partial charge in [0.1, 0.15) is 0 Å². The van der Waals surface area contributed by atoms with E-state index in [4.69, 9.17) is 0 Å². The summed E-state index contributed by atoms with van der Waals surface area (Å²) < 4.78 is 0.936. The third kappa shape index (κ3) is 1.22. The van der Waals surface area contributed by atoms with Crippen molar-refractivity contribution in [2.24, 2.45) is 0 Å². The molecular formula is C9H12N2O. The molecule has 0 atom stereocenters. The lowest BCUT2D eigenvalue weighted by Crippen LogP contribution is -2.36. The molecule has 2 heterocycles. The Morgan fingerprint density at radius 2 is 2.00 bits per heavy atom. The molecule has 64 valence electrons. The normalized spacial score (nSPS) is 16.8. The first-order valence-corrected chi connectivity index (χ1v) is 4.31. The summed E-state index contributed by atoms with van der Waals surface area (Å²) in [5, 5.41) is 11.3. The van der Waals surface area contributed by atoms with Crippen LogP contribution in [-0.4, -0.2) is 13.1 Å². The van der Waals surface area contributed by atoms with Crippen LogP contribution < -0.4 is 9.63 Å². The molecule has 0 spiro atoms. The van der Waals surface area contributed by atoms with Gasteiger partial charge in [0.05, 0.1) is 19.3 Å². The zero-order valence-electron chi connectivity index (χ0n) is 6.94. The van der Waals surface area contributed by atoms with Crippen LogP contribution >= 0.6 is 0 Å². The van der Waals surface area contributed by atoms with E-state index in [1.54, 1.807) is 12.3 Å². The summed E-state index contributed by atoms with van der Waals surface area (Å²) in [6.45, 7) is 2.04. The smallest absolute Gasteiger partial charge is 0.279 e. The second-order valence-electron chi connectivity index (χ2n) is 3.08. The van der Waals surface area contributed by atoms with E-state index in [0.29, 0.717) is 0 Å². The number of aromatic nitrogens is 1. The van der Waals surface area contributed by atoms with Crippen LogP contribution in [0.3, 0.4) is 0 Å². The highest BCUT2D eigenvalue weighted by atomic mass is 16.5. The third-order valence-corrected chi connectivity index (χ3v) is 2.23. The Balaban J connectivity index is 2.26. The predicted octanol–water partition coefficient (Wildman–Crippen LogP) is 0.920. The molecule has 0 aliphatic carbocycles. The molecule has 0 amide bonds. The molecule has 1 saturated heterocycles. The summed E-state index contributed by atoms with van der Waals surface area (Å²) in [6.07, 6.45) is 3.96. The Bertz CT molecular complexity index is 269. The minimum Gasteiger partial charge on any atom is -0.711 e. The van der Waals surface area contributed by atoms with Crippen molar-refractivity contribution in [1.82, 2.24) is 0 Å². The SMILES string of the molecule is [O-][n+]1ccccc1N1CCCC1. The van der Waals surface area contributed by atoms with E-state index in [9.17, 15) is 5.21 Å². The number of hydrogen-bond donors (Lipinski definition) is 0. The van der Waals surface area contributed by atoms with E-state index in [1.807, 2.05) is 12.1 Å². The maximum absolute atomic E-state index is 11.3. The summed E-state index contributed by atoms with van der Waals surface area (Å²) in [5.41, 5.74) is 0. The minimum atomic E-state index is 0.787. The van der Waals surface area contributed by atoms with E-state index in [-0.39, 0.29) is 0 Å². The Hall–Kier alpha value is -1.25. The first kappa shape index (κ1) is 7.40. The van der Waals surface area contributed by atoms with Crippen molar-refractivity contribution in [3.63, 3.8) is 0 Å². The predicted molar refractivity (Wildman–Crippen MR) is 46.8 cm³/mol. The van der Waals surface area contributed by atoms with E-state index in [2.05, 4.69) is 4.90 Å². The molecule has 12 heavy (non-hydrogen) atoms. The van der Waals surface area contributed by atoms with Crippen LogP contribution in [0.15, 0.2) is 24.4 Å². The summed E-state index contributed by atoms with van der Waals surface area (Å²) in [7, 11) is 0. The first-order chi connectivity index (χ1) is 5.88. The number of pyridine rings is 1. The number of rotatable bonds is 1. The average Bonchev–Trinajstić information content (AvgIpc) is 2.57. The van der Waals surface area contributed by atoms with Gasteiger partial charge in [-0.2, -0.15) is 0 Å². The van der Waals surface area contributed by atoms with Gasteiger partial charge >= 0.3 is 0 Å². The summed E-state index contributed by atoms with van der Waals surface area (Å²) in [5.74, 6) is 0.787. The highest BCUT2D eigenvalue weighted by Crippen LogP contribution is 2.14. The molecule has 0 N–H and O–H groups in total. The maximum atomic E-state index is 11.3. The van der Waals surface area contributed by atoms with Crippen molar-refractivity contribution in [3.8, 4) is 0 Å². The van der Waals surface area contributed by atoms with Gasteiger partial charge in [0, 0.05) is 6.07 Å². The maximum Gasteiger partial charge on any atom is 0.279 e. The lowest BCUT2D eigenvalue weighted by Gasteiger charge is -2.14. The van der Waals surface area contributed by atoms with Gasteiger partial charge in [0.2, 0.25) is 0 Å². The van der Waals surface area contributed by atoms with Gasteiger partial charge in [0.25, 0.3) is 5.82 Å². The molecule has 2 rings (SSSR count). The number of nitrogens with zero attached hydrogens (tertiary/aromatic N) is 2. The van der Waals surface area contributed by atoms with Gasteiger partial charge in [-0.25, -0.2) is 4.73 Å². The Kier molecular flexibility index (Phi) is 1.86. The van der Waals surface area contributed by atoms with Gasteiger partial charge in [-0.1, -0.05) is 6.07 Å². The second kappa shape index (κ2) is 3.01. The zero-order chi connectivity index (χ0) is 8.39. The molecule has 0 radical (unpaired) electrons. The quantitative estimate of drug-likeness (QED) is 0.456. The highest BCUT2D eigenvalue weighted by Gasteiger charge is 2.20. The summed E-state index contributed by atoms with van der Waals surface area (Å²) in [4.78, 5) is 2.13. The van der Waals surface area contributed by atoms with Crippen molar-refractivity contribution in [2.75, 3.05) is 18.0 Å². The molecule has 1 aromatic rings. The fourth-order valence-corrected chi connectivity index (χ4v) is 1.61. The van der Waals surface area contributed by atoms with Crippen LogP contribution in [0, 0.1) is 5.21 Å². The Morgan fingerprint density at radius 1 is 1.25 bits per heavy atom. The van der Waals surface area contributed by atoms with Gasteiger partial charge in [-0.05, 0) is 18.9 Å². The number of anilines is 1. The highest BCUT2D eigenvalue weighted by molar-refractivity contribution is 5.33. The molecule has 0 bridgehead atoms. The van der Waals surface area contributed by atoms with E-state index in [0.717, 1.165) is 23.6 Å². The lowest BCUT2D eigenvalue weighted by atomic mass is 10.4. The van der Waals surface area contributed by atoms with Crippen LogP contribution in [0.25, 0.3) is 0 Å². The monoisotopic (exact) mass is 164 g/mol. The van der Waals surface area contributed by atoms with Gasteiger partial charge < -0.3 is 5.21 Å². The minimum absolute atomic E-state index is 0.787. The fourth-order valence-electron chi connectivity index (χ4n) is 1.61. The van der Waals surface area contributed by atoms with E-state index >= 15 is 0 Å². The molecule has 1 aliphatic rings. The van der Waals surface area contributed by atoms with E-state index in [1.165, 1.54) is 12.8 Å². The van der Waals surface area contributed by atoms with Gasteiger partial charge in [-0.15, -0.1) is 0 Å². The van der Waals surface area contributed by atoms with Crippen molar-refractivity contribution >= 4 is 5.82 Å². The van der Waals surface area contributed by atoms with Crippen LogP contribution in [0.2, 0.25) is 0 Å². The first-order valence-electron chi connectivity index (χ1n) is 4.31. The molecule has 0 aromatic carbocycles. The molecule has 1 aliphatic heterocycles. The van der Waals surface area contributed by atoms with Crippen LogP contribution in [0.1, 0.15) is 12.8 Å². The Morgan fingerprint density at radius 3 is 2.67 bits per heavy atom. The van der Waals surface area contributed by atoms with Crippen molar-refractivity contribution in [2.45, 2.75) is 12.8 Å². The van der Waals surface area contributed by atoms with Crippen molar-refractivity contribution in [3.05, 3.63) is 29.6 Å². The van der Waals surface area contributed by atoms with Gasteiger partial charge in [0.15, 0.2) is 0 Å². The molecule has 0 saturated carbocycles. The topological polar surface area (TPSA) is 30.2 Å². The molecule has 3 heteroatoms. The molecule has 0 unspecified atom stereocenters. The third-order valence-electron chi connectivity index (χ3n) is 2.23. The average molecular weight is 164 g/mol. The van der Waals surface area contributed by atoms with Crippen molar-refractivity contribution < 1.29 is 4.73 Å². The molecule has 1 aromatic heterocycles. The zero-order valence-corrected chi connectivity index (χ0v) is 6.94. The van der Waals surface area contributed by atoms with Gasteiger partial charge in [-0.3, -0.25) is 4.90 Å². The van der Waals surface area contributed by atoms with Crippen molar-refractivity contribution in [1.29, 1.82) is 0 Å². The second-order valence-corrected chi connectivity index (χ2v) is 3.08. The van der Waals surface area contributed by atoms with Crippen LogP contribution in [0.4, 0.5) is 5.82 Å². The lowest BCUT2D eigenvalue weighted by molar-refractivity contribution is -0.592. The molecule has 1 fully saturated rings. The van der Waals surface area contributed by atoms with Crippen LogP contribution in [-0.2, 0) is 0 Å². The van der Waals surface area contributed by atoms with Crippen LogP contribution in [0.5, 0.6) is 0 Å². The molecule has 3 nitrogen and oxygen atoms in total. The Labute approximate surface area is 71.8 Å². The number of hydrogen-bond acceptors (Lipinski definition) is 2. The standard InChI is InChI=1S/C9H12N2O/c12-11-8-2-1-5-9(11)10-6-3-4-7-10/h1-2,5,8H,3-4,6-7H2.